The Morgan fingerprint density at radius 3 is 2.26 bits per heavy atom. The monoisotopic (exact) mass is 384 g/mol. The molecule has 3 rings (SSSR count). The van der Waals surface area contributed by atoms with E-state index in [2.05, 4.69) is 5.32 Å². The van der Waals surface area contributed by atoms with Crippen molar-refractivity contribution in [3.05, 3.63) is 64.7 Å². The Labute approximate surface area is 163 Å². The summed E-state index contributed by atoms with van der Waals surface area (Å²) in [5.74, 6) is -0.479. The van der Waals surface area contributed by atoms with Gasteiger partial charge in [-0.1, -0.05) is 11.6 Å². The second-order valence-electron chi connectivity index (χ2n) is 6.72. The van der Waals surface area contributed by atoms with Gasteiger partial charge in [-0.3, -0.25) is 14.4 Å². The molecule has 1 N–H and O–H groups in total. The number of piperidine rings is 1. The number of halogens is 1. The van der Waals surface area contributed by atoms with Crippen LogP contribution < -0.4 is 5.32 Å². The van der Waals surface area contributed by atoms with Crippen LogP contribution in [0.15, 0.2) is 48.5 Å². The van der Waals surface area contributed by atoms with Gasteiger partial charge in [0.05, 0.1) is 5.92 Å². The average Bonchev–Trinajstić information content (AvgIpc) is 2.68. The number of likely N-dealkylation sites (tertiary alicyclic amines) is 1. The molecule has 1 aliphatic rings. The van der Waals surface area contributed by atoms with E-state index < -0.39 is 0 Å². The van der Waals surface area contributed by atoms with Crippen LogP contribution in [-0.2, 0) is 4.79 Å². The second kappa shape index (κ2) is 8.35. The molecule has 1 heterocycles. The summed E-state index contributed by atoms with van der Waals surface area (Å²) in [6.07, 6.45) is 1.52. The van der Waals surface area contributed by atoms with Gasteiger partial charge in [-0.25, -0.2) is 0 Å². The number of hydrogen-bond acceptors (Lipinski definition) is 3. The van der Waals surface area contributed by atoms with Crippen molar-refractivity contribution < 1.29 is 14.4 Å². The lowest BCUT2D eigenvalue weighted by Gasteiger charge is -2.32. The Morgan fingerprint density at radius 2 is 1.63 bits per heavy atom. The van der Waals surface area contributed by atoms with Gasteiger partial charge in [0, 0.05) is 34.9 Å². The smallest absolute Gasteiger partial charge is 0.253 e. The molecule has 2 aromatic carbocycles. The Hall–Kier alpha value is -2.66. The molecule has 5 nitrogen and oxygen atoms in total. The number of amides is 2. The first-order chi connectivity index (χ1) is 12.9. The van der Waals surface area contributed by atoms with E-state index >= 15 is 0 Å². The van der Waals surface area contributed by atoms with Crippen LogP contribution >= 0.6 is 11.6 Å². The number of carbonyl (C=O) groups is 3. The van der Waals surface area contributed by atoms with Gasteiger partial charge >= 0.3 is 0 Å². The largest absolute Gasteiger partial charge is 0.338 e. The molecule has 2 aromatic rings. The molecule has 27 heavy (non-hydrogen) atoms. The highest BCUT2D eigenvalue weighted by Crippen LogP contribution is 2.21. The molecule has 0 aromatic heterocycles. The molecule has 0 radical (unpaired) electrons. The van der Waals surface area contributed by atoms with E-state index in [4.69, 9.17) is 11.6 Å². The van der Waals surface area contributed by atoms with Crippen LogP contribution in [-0.4, -0.2) is 35.6 Å². The van der Waals surface area contributed by atoms with E-state index in [9.17, 15) is 14.4 Å². The highest BCUT2D eigenvalue weighted by Gasteiger charge is 2.29. The summed E-state index contributed by atoms with van der Waals surface area (Å²) in [6, 6.07) is 13.6. The fourth-order valence-corrected chi connectivity index (χ4v) is 3.31. The zero-order valence-corrected chi connectivity index (χ0v) is 15.8. The Bertz CT molecular complexity index is 847. The van der Waals surface area contributed by atoms with Gasteiger partial charge in [0.25, 0.3) is 5.91 Å². The normalized spacial score (nSPS) is 16.7. The molecule has 1 atom stereocenters. The van der Waals surface area contributed by atoms with Gasteiger partial charge < -0.3 is 10.2 Å². The minimum atomic E-state index is -0.262. The molecule has 0 aliphatic carbocycles. The van der Waals surface area contributed by atoms with Gasteiger partial charge in [-0.2, -0.15) is 0 Å². The standard InChI is InChI=1S/C21H21ClN2O3/c1-14(25)15-6-10-19(11-7-15)23-20(26)17-3-2-12-24(13-17)21(27)16-4-8-18(22)9-5-16/h4-11,17H,2-3,12-13H2,1H3,(H,23,26)/t17-/m0/s1. The van der Waals surface area contributed by atoms with E-state index in [1.165, 1.54) is 6.92 Å². The molecule has 1 saturated heterocycles. The van der Waals surface area contributed by atoms with Gasteiger partial charge in [0.2, 0.25) is 5.91 Å². The fourth-order valence-electron chi connectivity index (χ4n) is 3.18. The zero-order valence-electron chi connectivity index (χ0n) is 15.1. The van der Waals surface area contributed by atoms with Gasteiger partial charge in [-0.05, 0) is 68.3 Å². The summed E-state index contributed by atoms with van der Waals surface area (Å²) in [4.78, 5) is 38.3. The summed E-state index contributed by atoms with van der Waals surface area (Å²) in [6.45, 7) is 2.53. The van der Waals surface area contributed by atoms with Crippen molar-refractivity contribution in [1.29, 1.82) is 0 Å². The Balaban J connectivity index is 1.63. The first-order valence-corrected chi connectivity index (χ1v) is 9.28. The molecule has 2 amide bonds. The van der Waals surface area contributed by atoms with Gasteiger partial charge in [-0.15, -0.1) is 0 Å². The minimum Gasteiger partial charge on any atom is -0.338 e. The predicted molar refractivity (Wildman–Crippen MR) is 105 cm³/mol. The molecule has 0 saturated carbocycles. The van der Waals surface area contributed by atoms with Crippen molar-refractivity contribution in [2.45, 2.75) is 19.8 Å². The van der Waals surface area contributed by atoms with Crippen LogP contribution in [0, 0.1) is 5.92 Å². The predicted octanol–water partition coefficient (Wildman–Crippen LogP) is 4.03. The van der Waals surface area contributed by atoms with Crippen molar-refractivity contribution in [3.8, 4) is 0 Å². The van der Waals surface area contributed by atoms with Crippen LogP contribution in [0.2, 0.25) is 5.02 Å². The second-order valence-corrected chi connectivity index (χ2v) is 7.16. The first-order valence-electron chi connectivity index (χ1n) is 8.91. The molecular weight excluding hydrogens is 364 g/mol. The summed E-state index contributed by atoms with van der Waals surface area (Å²) < 4.78 is 0. The fraction of sp³-hybridized carbons (Fsp3) is 0.286. The summed E-state index contributed by atoms with van der Waals surface area (Å²) >= 11 is 5.87. The number of nitrogens with zero attached hydrogens (tertiary/aromatic N) is 1. The number of carbonyl (C=O) groups excluding carboxylic acids is 3. The van der Waals surface area contributed by atoms with E-state index in [1.54, 1.807) is 53.4 Å². The topological polar surface area (TPSA) is 66.5 Å². The van der Waals surface area contributed by atoms with Crippen LogP contribution in [0.25, 0.3) is 0 Å². The van der Waals surface area contributed by atoms with Gasteiger partial charge in [0.15, 0.2) is 5.78 Å². The molecule has 140 valence electrons. The highest BCUT2D eigenvalue weighted by molar-refractivity contribution is 6.30. The van der Waals surface area contributed by atoms with E-state index in [0.717, 1.165) is 12.8 Å². The number of rotatable bonds is 4. The lowest BCUT2D eigenvalue weighted by Crippen LogP contribution is -2.43. The molecule has 0 unspecified atom stereocenters. The maximum atomic E-state index is 12.7. The number of nitrogens with one attached hydrogen (secondary N) is 1. The summed E-state index contributed by atoms with van der Waals surface area (Å²) in [7, 11) is 0. The lowest BCUT2D eigenvalue weighted by molar-refractivity contribution is -0.121. The maximum absolute atomic E-state index is 12.7. The molecule has 0 bridgehead atoms. The number of ketones is 1. The van der Waals surface area contributed by atoms with Crippen LogP contribution in [0.1, 0.15) is 40.5 Å². The van der Waals surface area contributed by atoms with Crippen LogP contribution in [0.5, 0.6) is 0 Å². The van der Waals surface area contributed by atoms with Crippen molar-refractivity contribution in [2.75, 3.05) is 18.4 Å². The van der Waals surface area contributed by atoms with Crippen molar-refractivity contribution >= 4 is 34.9 Å². The number of Topliss-reactive ketones (excluding diaryl/α,β-unsaturated/α-hetero) is 1. The zero-order chi connectivity index (χ0) is 19.4. The van der Waals surface area contributed by atoms with Crippen molar-refractivity contribution in [3.63, 3.8) is 0 Å². The SMILES string of the molecule is CC(=O)c1ccc(NC(=O)[C@H]2CCCN(C(=O)c3ccc(Cl)cc3)C2)cc1. The summed E-state index contributed by atoms with van der Waals surface area (Å²) in [5, 5.41) is 3.46. The third-order valence-electron chi connectivity index (χ3n) is 4.73. The van der Waals surface area contributed by atoms with E-state index in [1.807, 2.05) is 0 Å². The number of anilines is 1. The van der Waals surface area contributed by atoms with Crippen LogP contribution in [0.3, 0.4) is 0 Å². The molecular formula is C21H21ClN2O3. The van der Waals surface area contributed by atoms with Gasteiger partial charge in [0.1, 0.15) is 0 Å². The third-order valence-corrected chi connectivity index (χ3v) is 4.98. The first kappa shape index (κ1) is 19.1. The lowest BCUT2D eigenvalue weighted by atomic mass is 9.96. The van der Waals surface area contributed by atoms with E-state index in [0.29, 0.717) is 34.9 Å². The molecule has 0 spiro atoms. The van der Waals surface area contributed by atoms with Crippen molar-refractivity contribution in [1.82, 2.24) is 4.90 Å². The highest BCUT2D eigenvalue weighted by atomic mass is 35.5. The third kappa shape index (κ3) is 4.74. The van der Waals surface area contributed by atoms with E-state index in [-0.39, 0.29) is 23.5 Å². The number of hydrogen-bond donors (Lipinski definition) is 1. The van der Waals surface area contributed by atoms with Crippen molar-refractivity contribution in [2.24, 2.45) is 5.92 Å². The maximum Gasteiger partial charge on any atom is 0.253 e. The minimum absolute atomic E-state index is 0.0171. The Morgan fingerprint density at radius 1 is 1.00 bits per heavy atom. The number of benzene rings is 2. The quantitative estimate of drug-likeness (QED) is 0.809. The molecule has 6 heteroatoms. The molecule has 1 aliphatic heterocycles. The van der Waals surface area contributed by atoms with Crippen LogP contribution in [0.4, 0.5) is 5.69 Å². The average molecular weight is 385 g/mol. The summed E-state index contributed by atoms with van der Waals surface area (Å²) in [5.41, 5.74) is 1.82. The molecule has 1 fully saturated rings. The Kier molecular flexibility index (Phi) is 5.91.